The number of aryl methyl sites for hydroxylation is 1. The Labute approximate surface area is 179 Å². The smallest absolute Gasteiger partial charge is 0.261 e. The van der Waals surface area contributed by atoms with E-state index in [1.165, 1.54) is 23.8 Å². The number of anilines is 1. The van der Waals surface area contributed by atoms with Gasteiger partial charge < -0.3 is 0 Å². The first-order chi connectivity index (χ1) is 14.1. The number of hydrogen-bond donors (Lipinski definition) is 1. The van der Waals surface area contributed by atoms with Crippen LogP contribution < -0.4 is 4.72 Å². The predicted molar refractivity (Wildman–Crippen MR) is 120 cm³/mol. The topological polar surface area (TPSA) is 93.2 Å². The van der Waals surface area contributed by atoms with Crippen LogP contribution in [0.1, 0.15) is 5.56 Å². The highest BCUT2D eigenvalue weighted by Gasteiger charge is 2.17. The molecule has 6 nitrogen and oxygen atoms in total. The van der Waals surface area contributed by atoms with Gasteiger partial charge >= 0.3 is 0 Å². The average molecular weight is 459 g/mol. The molecule has 0 unspecified atom stereocenters. The largest absolute Gasteiger partial charge is 0.280 e. The normalized spacial score (nSPS) is 12.2. The fourth-order valence-electron chi connectivity index (χ4n) is 2.92. The van der Waals surface area contributed by atoms with E-state index >= 15 is 0 Å². The third-order valence-electron chi connectivity index (χ3n) is 4.47. The van der Waals surface area contributed by atoms with E-state index in [-0.39, 0.29) is 9.79 Å². The lowest BCUT2D eigenvalue weighted by atomic mass is 10.2. The third kappa shape index (κ3) is 4.23. The van der Waals surface area contributed by atoms with Crippen LogP contribution in [0.5, 0.6) is 0 Å². The molecule has 0 fully saturated rings. The number of aromatic nitrogens is 1. The van der Waals surface area contributed by atoms with Crippen LogP contribution in [0.15, 0.2) is 76.5 Å². The summed E-state index contributed by atoms with van der Waals surface area (Å²) in [7, 11) is -7.43. The molecule has 1 N–H and O–H groups in total. The number of sulfone groups is 1. The number of nitrogens with zero attached hydrogens (tertiary/aromatic N) is 1. The Bertz CT molecular complexity index is 1460. The number of benzene rings is 3. The van der Waals surface area contributed by atoms with E-state index in [1.54, 1.807) is 35.6 Å². The van der Waals surface area contributed by atoms with Crippen LogP contribution in [0.2, 0.25) is 0 Å². The summed E-state index contributed by atoms with van der Waals surface area (Å²) in [5.41, 5.74) is 3.36. The van der Waals surface area contributed by atoms with Crippen molar-refractivity contribution in [1.82, 2.24) is 4.98 Å². The summed E-state index contributed by atoms with van der Waals surface area (Å²) in [5, 5.41) is 0.853. The van der Waals surface area contributed by atoms with Gasteiger partial charge in [0.25, 0.3) is 10.0 Å². The first-order valence-electron chi connectivity index (χ1n) is 8.92. The zero-order valence-corrected chi connectivity index (χ0v) is 18.6. The van der Waals surface area contributed by atoms with E-state index in [9.17, 15) is 16.8 Å². The van der Waals surface area contributed by atoms with E-state index in [0.29, 0.717) is 5.69 Å². The molecule has 0 aliphatic carbocycles. The van der Waals surface area contributed by atoms with Gasteiger partial charge in [-0.1, -0.05) is 12.1 Å². The van der Waals surface area contributed by atoms with Gasteiger partial charge in [-0.25, -0.2) is 21.8 Å². The Kier molecular flexibility index (Phi) is 5.13. The zero-order chi connectivity index (χ0) is 21.5. The van der Waals surface area contributed by atoms with Crippen molar-refractivity contribution in [3.05, 3.63) is 72.3 Å². The summed E-state index contributed by atoms with van der Waals surface area (Å²) < 4.78 is 52.3. The van der Waals surface area contributed by atoms with Gasteiger partial charge in [-0.05, 0) is 67.1 Å². The molecule has 0 atom stereocenters. The first kappa shape index (κ1) is 20.5. The fraction of sp³-hybridized carbons (Fsp3) is 0.0952. The van der Waals surface area contributed by atoms with Gasteiger partial charge in [-0.3, -0.25) is 4.72 Å². The highest BCUT2D eigenvalue weighted by atomic mass is 32.2. The van der Waals surface area contributed by atoms with E-state index in [0.717, 1.165) is 33.1 Å². The Balaban J connectivity index is 1.60. The molecule has 9 heteroatoms. The van der Waals surface area contributed by atoms with Crippen molar-refractivity contribution in [2.45, 2.75) is 16.7 Å². The molecule has 0 radical (unpaired) electrons. The highest BCUT2D eigenvalue weighted by Crippen LogP contribution is 2.31. The first-order valence-corrected chi connectivity index (χ1v) is 13.1. The number of thiazole rings is 1. The molecule has 4 rings (SSSR count). The fourth-order valence-corrected chi connectivity index (χ4v) is 5.84. The van der Waals surface area contributed by atoms with E-state index in [1.807, 2.05) is 19.1 Å². The van der Waals surface area contributed by atoms with Crippen LogP contribution in [0.25, 0.3) is 20.8 Å². The highest BCUT2D eigenvalue weighted by molar-refractivity contribution is 7.93. The lowest BCUT2D eigenvalue weighted by Gasteiger charge is -2.09. The second kappa shape index (κ2) is 7.50. The summed E-state index contributed by atoms with van der Waals surface area (Å²) in [6, 6.07) is 18.3. The quantitative estimate of drug-likeness (QED) is 0.476. The third-order valence-corrected chi connectivity index (χ3v) is 8.03. The number of hydrogen-bond acceptors (Lipinski definition) is 6. The summed E-state index contributed by atoms with van der Waals surface area (Å²) in [6.07, 6.45) is 1.04. The number of rotatable bonds is 5. The second-order valence-corrected chi connectivity index (χ2v) is 11.6. The summed E-state index contributed by atoms with van der Waals surface area (Å²) in [5.74, 6) is 0. The monoisotopic (exact) mass is 458 g/mol. The number of nitrogens with one attached hydrogen (secondary N) is 1. The maximum absolute atomic E-state index is 12.7. The van der Waals surface area contributed by atoms with E-state index in [4.69, 9.17) is 0 Å². The van der Waals surface area contributed by atoms with Crippen molar-refractivity contribution in [3.63, 3.8) is 0 Å². The Morgan fingerprint density at radius 2 is 1.57 bits per heavy atom. The minimum absolute atomic E-state index is 0.0493. The predicted octanol–water partition coefficient (Wildman–Crippen LogP) is 4.48. The minimum Gasteiger partial charge on any atom is -0.280 e. The van der Waals surface area contributed by atoms with Gasteiger partial charge in [0.15, 0.2) is 9.84 Å². The molecule has 30 heavy (non-hydrogen) atoms. The van der Waals surface area contributed by atoms with Gasteiger partial charge in [-0.15, -0.1) is 11.3 Å². The lowest BCUT2D eigenvalue weighted by molar-refractivity contribution is 0.599. The molecule has 154 valence electrons. The second-order valence-electron chi connectivity index (χ2n) is 6.92. The van der Waals surface area contributed by atoms with Crippen molar-refractivity contribution in [3.8, 4) is 10.6 Å². The van der Waals surface area contributed by atoms with Crippen molar-refractivity contribution in [2.75, 3.05) is 11.0 Å². The summed E-state index contributed by atoms with van der Waals surface area (Å²) >= 11 is 1.58. The lowest BCUT2D eigenvalue weighted by Crippen LogP contribution is -2.13. The van der Waals surface area contributed by atoms with Gasteiger partial charge in [0, 0.05) is 17.5 Å². The van der Waals surface area contributed by atoms with Crippen molar-refractivity contribution >= 4 is 47.1 Å². The molecule has 4 aromatic rings. The van der Waals surface area contributed by atoms with Gasteiger partial charge in [0.1, 0.15) is 5.01 Å². The molecule has 1 aromatic heterocycles. The van der Waals surface area contributed by atoms with Gasteiger partial charge in [0.05, 0.1) is 20.0 Å². The standard InChI is InChI=1S/C21H18N2O4S3/c1-14-6-11-19-20(12-14)28-21(22-19)15-7-9-16(10-8-15)23-30(26,27)18-5-3-4-17(13-18)29(2,24)25/h3-13,23H,1-2H3. The summed E-state index contributed by atoms with van der Waals surface area (Å²) in [6.45, 7) is 2.03. The molecular formula is C21H18N2O4S3. The SMILES string of the molecule is Cc1ccc2nc(-c3ccc(NS(=O)(=O)c4cccc(S(C)(=O)=O)c4)cc3)sc2c1. The molecule has 1 heterocycles. The maximum atomic E-state index is 12.7. The van der Waals surface area contributed by atoms with Crippen molar-refractivity contribution in [1.29, 1.82) is 0 Å². The Morgan fingerprint density at radius 1 is 0.867 bits per heavy atom. The van der Waals surface area contributed by atoms with Gasteiger partial charge in [0.2, 0.25) is 0 Å². The molecule has 0 amide bonds. The summed E-state index contributed by atoms with van der Waals surface area (Å²) in [4.78, 5) is 4.47. The molecule has 0 spiro atoms. The molecule has 0 aliphatic rings. The molecular weight excluding hydrogens is 440 g/mol. The minimum atomic E-state index is -3.93. The van der Waals surface area contributed by atoms with Crippen LogP contribution in [-0.4, -0.2) is 28.1 Å². The van der Waals surface area contributed by atoms with Crippen molar-refractivity contribution < 1.29 is 16.8 Å². The van der Waals surface area contributed by atoms with E-state index in [2.05, 4.69) is 15.8 Å². The molecule has 0 saturated heterocycles. The van der Waals surface area contributed by atoms with Crippen LogP contribution >= 0.6 is 11.3 Å². The average Bonchev–Trinajstić information content (AvgIpc) is 3.11. The van der Waals surface area contributed by atoms with Crippen molar-refractivity contribution in [2.24, 2.45) is 0 Å². The van der Waals surface area contributed by atoms with Crippen LogP contribution in [0.3, 0.4) is 0 Å². The van der Waals surface area contributed by atoms with Crippen LogP contribution in [0, 0.1) is 6.92 Å². The Morgan fingerprint density at radius 3 is 2.27 bits per heavy atom. The maximum Gasteiger partial charge on any atom is 0.261 e. The molecule has 3 aromatic carbocycles. The van der Waals surface area contributed by atoms with Crippen LogP contribution in [0.4, 0.5) is 5.69 Å². The Hall–Kier alpha value is -2.75. The number of sulfonamides is 1. The molecule has 0 bridgehead atoms. The number of fused-ring (bicyclic) bond motifs is 1. The molecule has 0 aliphatic heterocycles. The molecule has 0 saturated carbocycles. The van der Waals surface area contributed by atoms with Gasteiger partial charge in [-0.2, -0.15) is 0 Å². The van der Waals surface area contributed by atoms with Crippen LogP contribution in [-0.2, 0) is 19.9 Å². The van der Waals surface area contributed by atoms with E-state index < -0.39 is 19.9 Å². The zero-order valence-electron chi connectivity index (χ0n) is 16.2.